The van der Waals surface area contributed by atoms with Gasteiger partial charge in [-0.2, -0.15) is 23.8 Å². The summed E-state index contributed by atoms with van der Waals surface area (Å²) in [6, 6.07) is 16.7. The van der Waals surface area contributed by atoms with Crippen molar-refractivity contribution in [3.05, 3.63) is 98.3 Å². The molecule has 0 heterocycles. The zero-order valence-electron chi connectivity index (χ0n) is 15.1. The molecule has 0 unspecified atom stereocenters. The van der Waals surface area contributed by atoms with Gasteiger partial charge in [-0.05, 0) is 12.3 Å². The Hall–Kier alpha value is -1.50. The van der Waals surface area contributed by atoms with Crippen molar-refractivity contribution in [2.24, 2.45) is 0 Å². The van der Waals surface area contributed by atoms with Crippen molar-refractivity contribution in [1.29, 1.82) is 0 Å². The predicted octanol–water partition coefficient (Wildman–Crippen LogP) is 5.91. The summed E-state index contributed by atoms with van der Waals surface area (Å²) in [6.07, 6.45) is 9.70. The number of hydrogen-bond acceptors (Lipinski definition) is 0. The van der Waals surface area contributed by atoms with Crippen molar-refractivity contribution in [3.63, 3.8) is 0 Å². The third kappa shape index (κ3) is 4.53. The zero-order chi connectivity index (χ0) is 15.5. The molecule has 2 aromatic rings. The molecular formula is C23H25Ti-3. The Kier molecular flexibility index (Phi) is 7.80. The molecule has 4 rings (SSSR count). The maximum atomic E-state index is 3.61. The Labute approximate surface area is 159 Å². The standard InChI is InChI=1S/C18H13.C3H6.2CH3.Ti/c1-2-6-13(5-1)14-9-10-18-16(11-14)12-15-7-3-4-8-17(15)18;1-3-2;;;/h1-10,13H,12H2;1-2H3;2*1H3;/q-1;;2*-1;. The molecule has 0 amide bonds. The fraction of sp³-hybridized carbons (Fsp3) is 0.174. The summed E-state index contributed by atoms with van der Waals surface area (Å²) in [6.45, 7) is 4.17. The van der Waals surface area contributed by atoms with Gasteiger partial charge in [-0.15, -0.1) is 11.1 Å². The van der Waals surface area contributed by atoms with Crippen LogP contribution in [-0.2, 0) is 26.4 Å². The van der Waals surface area contributed by atoms with Gasteiger partial charge in [0.1, 0.15) is 0 Å². The number of fused-ring (bicyclic) bond motifs is 3. The van der Waals surface area contributed by atoms with Crippen LogP contribution in [0.4, 0.5) is 0 Å². The first kappa shape index (κ1) is 20.5. The Morgan fingerprint density at radius 3 is 2.25 bits per heavy atom. The van der Waals surface area contributed by atoms with E-state index in [1.165, 1.54) is 31.6 Å². The molecule has 0 nitrogen and oxygen atoms in total. The smallest absolute Gasteiger partial charge is 0.00217 e. The van der Waals surface area contributed by atoms with Gasteiger partial charge >= 0.3 is 37.6 Å². The molecule has 0 N–H and O–H groups in total. The summed E-state index contributed by atoms with van der Waals surface area (Å²) in [4.78, 5) is 0. The molecule has 24 heavy (non-hydrogen) atoms. The van der Waals surface area contributed by atoms with Crippen LogP contribution < -0.4 is 0 Å². The van der Waals surface area contributed by atoms with E-state index in [-0.39, 0.29) is 14.9 Å². The van der Waals surface area contributed by atoms with Crippen molar-refractivity contribution in [3.8, 4) is 11.1 Å². The third-order valence-corrected chi connectivity index (χ3v) is 3.83. The molecule has 0 aromatic heterocycles. The van der Waals surface area contributed by atoms with Gasteiger partial charge in [0.05, 0.1) is 0 Å². The van der Waals surface area contributed by atoms with E-state index in [1.807, 2.05) is 0 Å². The molecule has 1 heteroatoms. The minimum Gasteiger partial charge on any atom is -0.358 e. The molecule has 0 atom stereocenters. The van der Waals surface area contributed by atoms with Gasteiger partial charge in [0.25, 0.3) is 0 Å². The SMILES string of the molecule is C[C](C)=[Ti].[CH3-].[CH3-].[c-]1c(C2C=CC=C2)ccc2c1Cc1ccccc1-2. The van der Waals surface area contributed by atoms with Gasteiger partial charge < -0.3 is 14.9 Å². The van der Waals surface area contributed by atoms with Crippen LogP contribution in [0, 0.1) is 20.9 Å². The molecule has 2 aliphatic rings. The van der Waals surface area contributed by atoms with Gasteiger partial charge in [-0.3, -0.25) is 0 Å². The Balaban J connectivity index is 0.000000438. The molecule has 0 bridgehead atoms. The van der Waals surface area contributed by atoms with E-state index >= 15 is 0 Å². The molecule has 0 saturated heterocycles. The van der Waals surface area contributed by atoms with E-state index in [9.17, 15) is 0 Å². The van der Waals surface area contributed by atoms with Gasteiger partial charge in [0.15, 0.2) is 0 Å². The molecule has 0 saturated carbocycles. The Morgan fingerprint density at radius 1 is 0.958 bits per heavy atom. The second kappa shape index (κ2) is 9.11. The average Bonchev–Trinajstić information content (AvgIpc) is 3.13. The average molecular weight is 349 g/mol. The van der Waals surface area contributed by atoms with Crippen LogP contribution in [0.25, 0.3) is 11.1 Å². The largest absolute Gasteiger partial charge is 0.358 e. The first-order valence-corrected chi connectivity index (χ1v) is 8.43. The van der Waals surface area contributed by atoms with Crippen LogP contribution in [0.2, 0.25) is 0 Å². The van der Waals surface area contributed by atoms with Crippen LogP contribution >= 0.6 is 0 Å². The second-order valence-corrected chi connectivity index (χ2v) is 7.50. The first-order chi connectivity index (χ1) is 10.6. The minimum atomic E-state index is 0. The van der Waals surface area contributed by atoms with Crippen LogP contribution in [0.5, 0.6) is 0 Å². The third-order valence-electron chi connectivity index (χ3n) is 3.83. The second-order valence-electron chi connectivity index (χ2n) is 5.94. The fourth-order valence-corrected chi connectivity index (χ4v) is 2.91. The molecule has 0 spiro atoms. The van der Waals surface area contributed by atoms with Crippen LogP contribution in [0.15, 0.2) is 60.7 Å². The van der Waals surface area contributed by atoms with Crippen molar-refractivity contribution in [1.82, 2.24) is 0 Å². The van der Waals surface area contributed by atoms with Crippen molar-refractivity contribution in [2.45, 2.75) is 26.2 Å². The maximum absolute atomic E-state index is 3.61. The van der Waals surface area contributed by atoms with E-state index in [0.29, 0.717) is 5.92 Å². The molecule has 2 aliphatic carbocycles. The fourth-order valence-electron chi connectivity index (χ4n) is 2.91. The van der Waals surface area contributed by atoms with E-state index < -0.39 is 0 Å². The van der Waals surface area contributed by atoms with Crippen molar-refractivity contribution < 1.29 is 20.0 Å². The molecule has 2 aromatic carbocycles. The summed E-state index contributed by atoms with van der Waals surface area (Å²) < 4.78 is 1.42. The van der Waals surface area contributed by atoms with Gasteiger partial charge in [0.2, 0.25) is 0 Å². The predicted molar refractivity (Wildman–Crippen MR) is 104 cm³/mol. The Bertz CT molecular complexity index is 749. The van der Waals surface area contributed by atoms with E-state index in [0.717, 1.165) is 6.42 Å². The number of allylic oxidation sites excluding steroid dienone is 4. The van der Waals surface area contributed by atoms with Crippen molar-refractivity contribution >= 4 is 3.81 Å². The molecule has 0 aliphatic heterocycles. The van der Waals surface area contributed by atoms with E-state index in [4.69, 9.17) is 0 Å². The molecule has 0 fully saturated rings. The molecule has 124 valence electrons. The number of rotatable bonds is 1. The summed E-state index contributed by atoms with van der Waals surface area (Å²) in [5, 5.41) is 0. The summed E-state index contributed by atoms with van der Waals surface area (Å²) in [5.41, 5.74) is 6.81. The quantitative estimate of drug-likeness (QED) is 0.378. The maximum Gasteiger partial charge on any atom is -0.00217 e. The topological polar surface area (TPSA) is 0 Å². The van der Waals surface area contributed by atoms with E-state index in [2.05, 4.69) is 101 Å². The van der Waals surface area contributed by atoms with Crippen LogP contribution in [0.3, 0.4) is 0 Å². The zero-order valence-corrected chi connectivity index (χ0v) is 16.6. The van der Waals surface area contributed by atoms with Crippen LogP contribution in [-0.4, -0.2) is 3.81 Å². The minimum absolute atomic E-state index is 0. The molecular weight excluding hydrogens is 324 g/mol. The van der Waals surface area contributed by atoms with Gasteiger partial charge in [0, 0.05) is 0 Å². The van der Waals surface area contributed by atoms with Gasteiger partial charge in [-0.1, -0.05) is 59.7 Å². The summed E-state index contributed by atoms with van der Waals surface area (Å²) >= 11 is 2.08. The number of benzene rings is 2. The van der Waals surface area contributed by atoms with E-state index in [1.54, 1.807) is 0 Å². The van der Waals surface area contributed by atoms with Gasteiger partial charge in [-0.25, -0.2) is 0 Å². The van der Waals surface area contributed by atoms with Crippen LogP contribution in [0.1, 0.15) is 36.5 Å². The summed E-state index contributed by atoms with van der Waals surface area (Å²) in [7, 11) is 0. The monoisotopic (exact) mass is 349 g/mol. The first-order valence-electron chi connectivity index (χ1n) is 7.65. The van der Waals surface area contributed by atoms with Crippen molar-refractivity contribution in [2.75, 3.05) is 0 Å². The Morgan fingerprint density at radius 2 is 1.58 bits per heavy atom. The molecule has 0 radical (unpaired) electrons. The number of hydrogen-bond donors (Lipinski definition) is 0. The normalized spacial score (nSPS) is 13.0. The summed E-state index contributed by atoms with van der Waals surface area (Å²) in [5.74, 6) is 0.416.